The molecule has 6 fully saturated rings. The van der Waals surface area contributed by atoms with E-state index in [1.165, 1.54) is 0 Å². The fourth-order valence-electron chi connectivity index (χ4n) is 7.45. The second kappa shape index (κ2) is 14.5. The van der Waals surface area contributed by atoms with Crippen molar-refractivity contribution in [3.05, 3.63) is 23.3 Å². The van der Waals surface area contributed by atoms with Gasteiger partial charge in [0.2, 0.25) is 0 Å². The van der Waals surface area contributed by atoms with Gasteiger partial charge in [-0.05, 0) is 72.3 Å². The average Bonchev–Trinajstić information content (AvgIpc) is 3.87. The lowest BCUT2D eigenvalue weighted by atomic mass is 9.80. The van der Waals surface area contributed by atoms with E-state index < -0.39 is 89.2 Å². The average molecular weight is 803 g/mol. The van der Waals surface area contributed by atoms with Crippen LogP contribution in [0.2, 0.25) is 0 Å². The highest BCUT2D eigenvalue weighted by atomic mass is 31.2. The van der Waals surface area contributed by atoms with E-state index in [1.54, 1.807) is 0 Å². The Morgan fingerprint density at radius 1 is 0.463 bits per heavy atom. The Morgan fingerprint density at radius 3 is 0.926 bits per heavy atom. The summed E-state index contributed by atoms with van der Waals surface area (Å²) < 4.78 is 88.6. The van der Waals surface area contributed by atoms with Crippen LogP contribution in [0.4, 0.5) is 0 Å². The van der Waals surface area contributed by atoms with E-state index in [2.05, 4.69) is 47.6 Å². The molecule has 16 heteroatoms. The fraction of sp³-hybridized carbons (Fsp3) is 0.842. The Kier molecular flexibility index (Phi) is 11.1. The minimum Gasteiger partial charge on any atom is -0.426 e. The molecule has 14 nitrogen and oxygen atoms in total. The summed E-state index contributed by atoms with van der Waals surface area (Å²) in [6.07, 6.45) is -3.62. The van der Waals surface area contributed by atoms with E-state index in [4.69, 9.17) is 65.0 Å². The highest BCUT2D eigenvalue weighted by Gasteiger charge is 2.56. The van der Waals surface area contributed by atoms with Gasteiger partial charge in [-0.3, -0.25) is 18.1 Å². The second-order valence-corrected chi connectivity index (χ2v) is 20.8. The van der Waals surface area contributed by atoms with Crippen molar-refractivity contribution < 1.29 is 65.0 Å². The molecular weight excluding hydrogens is 742 g/mol. The third-order valence-electron chi connectivity index (χ3n) is 10.1. The van der Waals surface area contributed by atoms with Gasteiger partial charge in [0.15, 0.2) is 23.1 Å². The first-order valence-electron chi connectivity index (χ1n) is 19.0. The third kappa shape index (κ3) is 9.08. The van der Waals surface area contributed by atoms with Gasteiger partial charge in [0.1, 0.15) is 60.3 Å². The van der Waals surface area contributed by atoms with Crippen LogP contribution in [0, 0.1) is 0 Å². The summed E-state index contributed by atoms with van der Waals surface area (Å²) in [6.45, 7) is 29.4. The van der Waals surface area contributed by atoms with Gasteiger partial charge in [0.05, 0.1) is 26.4 Å². The van der Waals surface area contributed by atoms with E-state index in [-0.39, 0.29) is 10.8 Å². The predicted octanol–water partition coefficient (Wildman–Crippen LogP) is 7.67. The quantitative estimate of drug-likeness (QED) is 0.239. The Morgan fingerprint density at radius 2 is 0.722 bits per heavy atom. The van der Waals surface area contributed by atoms with Gasteiger partial charge in [-0.25, -0.2) is 0 Å². The van der Waals surface area contributed by atoms with Crippen molar-refractivity contribution >= 4 is 17.2 Å². The van der Waals surface area contributed by atoms with Crippen LogP contribution < -0.4 is 9.05 Å². The zero-order chi connectivity index (χ0) is 39.2. The van der Waals surface area contributed by atoms with Crippen LogP contribution >= 0.6 is 17.2 Å². The van der Waals surface area contributed by atoms with Gasteiger partial charge < -0.3 is 46.9 Å². The first-order valence-corrected chi connectivity index (χ1v) is 21.2. The van der Waals surface area contributed by atoms with E-state index >= 15 is 0 Å². The Balaban J connectivity index is 1.17. The van der Waals surface area contributed by atoms with Crippen LogP contribution in [0.5, 0.6) is 11.5 Å². The Labute approximate surface area is 322 Å². The normalized spacial score (nSPS) is 38.7. The second-order valence-electron chi connectivity index (χ2n) is 18.7. The smallest absolute Gasteiger partial charge is 0.398 e. The Bertz CT molecular complexity index is 1350. The van der Waals surface area contributed by atoms with Crippen LogP contribution in [-0.4, -0.2) is 98.4 Å². The van der Waals surface area contributed by atoms with Crippen LogP contribution in [0.15, 0.2) is 12.1 Å². The van der Waals surface area contributed by atoms with Crippen molar-refractivity contribution in [3.8, 4) is 11.5 Å². The topological polar surface area (TPSA) is 129 Å². The van der Waals surface area contributed by atoms with Gasteiger partial charge in [-0.15, -0.1) is 0 Å². The standard InChI is InChI=1S/C38H60O14P2/c1-33(2,3)21-15-22(34(4,5)6)24(48-54-51-31(27-19-41-37(11,12)45-27)32(52-54)28-20-42-38(13,14)46-28)16-23(21)47-53-49-29(25-17-39-35(7,8)43-25)30(50-53)26-18-40-36(9,10)44-26/h15-16,25-32H,17-20H2,1-14H3/t25?,26?,27?,28?,29-,30-,31-,32-,53?,54?/m1/s1. The molecule has 0 spiro atoms. The number of hydrogen-bond acceptors (Lipinski definition) is 14. The minimum absolute atomic E-state index is 0.318. The minimum atomic E-state index is -1.91. The van der Waals surface area contributed by atoms with Crippen molar-refractivity contribution in [1.82, 2.24) is 0 Å². The van der Waals surface area contributed by atoms with E-state index in [0.717, 1.165) is 11.1 Å². The van der Waals surface area contributed by atoms with Gasteiger partial charge >= 0.3 is 17.2 Å². The molecule has 6 heterocycles. The summed E-state index contributed by atoms with van der Waals surface area (Å²) in [7, 11) is -3.83. The van der Waals surface area contributed by atoms with Crippen LogP contribution in [0.3, 0.4) is 0 Å². The lowest BCUT2D eigenvalue weighted by Gasteiger charge is -2.30. The summed E-state index contributed by atoms with van der Waals surface area (Å²) in [5.41, 5.74) is 1.29. The molecule has 8 atom stereocenters. The first-order chi connectivity index (χ1) is 24.9. The van der Waals surface area contributed by atoms with Crippen molar-refractivity contribution in [3.63, 3.8) is 0 Å². The van der Waals surface area contributed by atoms with E-state index in [9.17, 15) is 0 Å². The molecule has 6 aliphatic heterocycles. The van der Waals surface area contributed by atoms with Crippen molar-refractivity contribution in [1.29, 1.82) is 0 Å². The molecule has 1 aromatic rings. The Hall–Kier alpha value is -0.800. The van der Waals surface area contributed by atoms with E-state index in [0.29, 0.717) is 37.9 Å². The zero-order valence-electron chi connectivity index (χ0n) is 34.2. The first kappa shape index (κ1) is 41.4. The highest BCUT2D eigenvalue weighted by Crippen LogP contribution is 2.58. The highest BCUT2D eigenvalue weighted by molar-refractivity contribution is 7.42. The molecule has 4 unspecified atom stereocenters. The molecule has 6 aliphatic rings. The maximum Gasteiger partial charge on any atom is 0.398 e. The predicted molar refractivity (Wildman–Crippen MR) is 198 cm³/mol. The molecule has 1 aromatic carbocycles. The van der Waals surface area contributed by atoms with Crippen LogP contribution in [0.25, 0.3) is 0 Å². The van der Waals surface area contributed by atoms with Gasteiger partial charge in [-0.2, -0.15) is 0 Å². The summed E-state index contributed by atoms with van der Waals surface area (Å²) in [5, 5.41) is 0. The maximum atomic E-state index is 6.74. The number of benzene rings is 1. The van der Waals surface area contributed by atoms with Crippen molar-refractivity contribution in [2.45, 2.75) is 180 Å². The molecule has 0 aromatic heterocycles. The summed E-state index contributed by atoms with van der Waals surface area (Å²) in [5.74, 6) is -1.89. The molecule has 0 N–H and O–H groups in total. The molecule has 0 saturated carbocycles. The fourth-order valence-corrected chi connectivity index (χ4v) is 10.2. The molecule has 0 aliphatic carbocycles. The third-order valence-corrected chi connectivity index (χ3v) is 12.5. The largest absolute Gasteiger partial charge is 0.426 e. The van der Waals surface area contributed by atoms with E-state index in [1.807, 2.05) is 61.5 Å². The van der Waals surface area contributed by atoms with Crippen LogP contribution in [0.1, 0.15) is 108 Å². The molecule has 7 rings (SSSR count). The lowest BCUT2D eigenvalue weighted by Crippen LogP contribution is -2.45. The SMILES string of the molecule is CC1(C)OCC([C@H]2OP(Oc3cc(OP4O[C@H](C5COC(C)(C)O5)[C@@H](C5COC(C)(C)O5)O4)c(C(C)(C)C)cc3C(C)(C)C)O[C@@H]2C2COC(C)(C)O2)O1. The van der Waals surface area contributed by atoms with Crippen molar-refractivity contribution in [2.75, 3.05) is 26.4 Å². The zero-order valence-corrected chi connectivity index (χ0v) is 36.0. The molecular formula is C38H60O14P2. The summed E-state index contributed by atoms with van der Waals surface area (Å²) in [4.78, 5) is 0. The molecule has 0 amide bonds. The summed E-state index contributed by atoms with van der Waals surface area (Å²) in [6, 6.07) is 4.05. The number of rotatable bonds is 8. The van der Waals surface area contributed by atoms with Crippen LogP contribution in [-0.2, 0) is 66.8 Å². The van der Waals surface area contributed by atoms with Gasteiger partial charge in [0, 0.05) is 17.2 Å². The van der Waals surface area contributed by atoms with Gasteiger partial charge in [-0.1, -0.05) is 41.5 Å². The monoisotopic (exact) mass is 802 g/mol. The van der Waals surface area contributed by atoms with Crippen molar-refractivity contribution in [2.24, 2.45) is 0 Å². The number of ether oxygens (including phenoxy) is 8. The molecule has 306 valence electrons. The molecule has 6 saturated heterocycles. The molecule has 0 radical (unpaired) electrons. The summed E-state index contributed by atoms with van der Waals surface area (Å²) >= 11 is 0. The molecule has 54 heavy (non-hydrogen) atoms. The number of hydrogen-bond donors (Lipinski definition) is 0. The lowest BCUT2D eigenvalue weighted by molar-refractivity contribution is -0.165. The van der Waals surface area contributed by atoms with Gasteiger partial charge in [0.25, 0.3) is 0 Å². The molecule has 0 bridgehead atoms. The maximum absolute atomic E-state index is 6.74.